The molecule has 28 heavy (non-hydrogen) atoms. The first-order valence-electron chi connectivity index (χ1n) is 9.81. The van der Waals surface area contributed by atoms with E-state index < -0.39 is 0 Å². The molecule has 2 aromatic carbocycles. The third-order valence-electron chi connectivity index (χ3n) is 5.55. The third kappa shape index (κ3) is 4.09. The van der Waals surface area contributed by atoms with Crippen LogP contribution in [0.4, 0.5) is 0 Å². The fourth-order valence-electron chi connectivity index (χ4n) is 3.84. The summed E-state index contributed by atoms with van der Waals surface area (Å²) in [5.41, 5.74) is 4.64. The van der Waals surface area contributed by atoms with Gasteiger partial charge in [0, 0.05) is 11.8 Å². The average molecular weight is 370 g/mol. The van der Waals surface area contributed by atoms with Crippen LogP contribution in [0.2, 0.25) is 0 Å². The highest BCUT2D eigenvalue weighted by molar-refractivity contribution is 5.56. The van der Waals surface area contributed by atoms with Gasteiger partial charge in [-0.15, -0.1) is 0 Å². The summed E-state index contributed by atoms with van der Waals surface area (Å²) in [5, 5.41) is 0. The first kappa shape index (κ1) is 18.7. The van der Waals surface area contributed by atoms with Gasteiger partial charge in [-0.2, -0.15) is 0 Å². The average Bonchev–Trinajstić information content (AvgIpc) is 3.34. The van der Waals surface area contributed by atoms with E-state index in [2.05, 4.69) is 86.0 Å². The molecule has 2 fully saturated rings. The summed E-state index contributed by atoms with van der Waals surface area (Å²) >= 11 is 0. The van der Waals surface area contributed by atoms with Crippen molar-refractivity contribution in [3.8, 4) is 0 Å². The normalized spacial score (nSPS) is 26.7. The Morgan fingerprint density at radius 1 is 0.607 bits per heavy atom. The molecule has 0 radical (unpaired) electrons. The lowest BCUT2D eigenvalue weighted by Crippen LogP contribution is -2.24. The van der Waals surface area contributed by atoms with Crippen LogP contribution in [0.15, 0.2) is 73.8 Å². The van der Waals surface area contributed by atoms with Gasteiger partial charge in [-0.3, -0.25) is 0 Å². The van der Waals surface area contributed by atoms with Gasteiger partial charge in [-0.05, 0) is 22.3 Å². The first-order chi connectivity index (χ1) is 13.8. The van der Waals surface area contributed by atoms with E-state index in [1.165, 1.54) is 11.1 Å². The Hall–Kier alpha value is -2.68. The molecule has 2 heteroatoms. The quantitative estimate of drug-likeness (QED) is 0.646. The second kappa shape index (κ2) is 8.55. The Morgan fingerprint density at radius 3 is 1.32 bits per heavy atom. The van der Waals surface area contributed by atoms with Crippen LogP contribution < -0.4 is 0 Å². The minimum atomic E-state index is 0.140. The summed E-state index contributed by atoms with van der Waals surface area (Å²) in [6.45, 7) is 9.02. The molecular formula is C26H26O2. The Bertz CT molecular complexity index is 798. The Morgan fingerprint density at radius 2 is 0.964 bits per heavy atom. The second-order valence-corrected chi connectivity index (χ2v) is 7.38. The Balaban J connectivity index is 1.38. The molecule has 0 aromatic heterocycles. The number of fused-ring (bicyclic) bond motifs is 1. The summed E-state index contributed by atoms with van der Waals surface area (Å²) in [6.07, 6.45) is 12.8. The molecule has 4 rings (SSSR count). The van der Waals surface area contributed by atoms with Gasteiger partial charge < -0.3 is 9.47 Å². The van der Waals surface area contributed by atoms with Crippen molar-refractivity contribution in [1.29, 1.82) is 0 Å². The zero-order valence-corrected chi connectivity index (χ0v) is 16.0. The molecule has 0 aliphatic carbocycles. The predicted octanol–water partition coefficient (Wildman–Crippen LogP) is 5.73. The van der Waals surface area contributed by atoms with E-state index in [-0.39, 0.29) is 12.2 Å². The highest BCUT2D eigenvalue weighted by Crippen LogP contribution is 2.36. The molecule has 4 atom stereocenters. The van der Waals surface area contributed by atoms with Crippen molar-refractivity contribution < 1.29 is 9.47 Å². The summed E-state index contributed by atoms with van der Waals surface area (Å²) in [5.74, 6) is 0.601. The lowest BCUT2D eigenvalue weighted by molar-refractivity contribution is 0.0658. The van der Waals surface area contributed by atoms with E-state index in [4.69, 9.17) is 9.47 Å². The molecule has 0 bridgehead atoms. The maximum atomic E-state index is 6.10. The zero-order valence-electron chi connectivity index (χ0n) is 16.0. The molecule has 2 nitrogen and oxygen atoms in total. The molecule has 0 amide bonds. The van der Waals surface area contributed by atoms with E-state index in [1.54, 1.807) is 0 Å². The van der Waals surface area contributed by atoms with Crippen molar-refractivity contribution in [3.05, 3.63) is 96.1 Å². The maximum Gasteiger partial charge on any atom is 0.0928 e. The smallest absolute Gasteiger partial charge is 0.0928 e. The second-order valence-electron chi connectivity index (χ2n) is 7.38. The molecule has 0 unspecified atom stereocenters. The minimum Gasteiger partial charge on any atom is -0.374 e. The Labute approximate surface area is 167 Å². The molecule has 2 aliphatic heterocycles. The fourth-order valence-corrected chi connectivity index (χ4v) is 3.84. The van der Waals surface area contributed by atoms with Crippen molar-refractivity contribution in [2.45, 2.75) is 12.2 Å². The van der Waals surface area contributed by atoms with E-state index in [0.29, 0.717) is 11.8 Å². The topological polar surface area (TPSA) is 18.5 Å². The van der Waals surface area contributed by atoms with E-state index in [0.717, 1.165) is 24.3 Å². The molecular weight excluding hydrogens is 344 g/mol. The number of benzene rings is 2. The zero-order chi connectivity index (χ0) is 19.3. The van der Waals surface area contributed by atoms with Crippen LogP contribution in [0, 0.1) is 11.8 Å². The lowest BCUT2D eigenvalue weighted by atomic mass is 9.94. The van der Waals surface area contributed by atoms with Crippen LogP contribution in [-0.2, 0) is 9.47 Å². The predicted molar refractivity (Wildman–Crippen MR) is 118 cm³/mol. The molecule has 2 saturated heterocycles. The fraction of sp³-hybridized carbons (Fsp3) is 0.231. The van der Waals surface area contributed by atoms with Crippen molar-refractivity contribution >= 4 is 24.3 Å². The maximum absolute atomic E-state index is 6.10. The van der Waals surface area contributed by atoms with Gasteiger partial charge >= 0.3 is 0 Å². The lowest BCUT2D eigenvalue weighted by Gasteiger charge is -2.13. The van der Waals surface area contributed by atoms with Crippen LogP contribution >= 0.6 is 0 Å². The number of hydrogen-bond acceptors (Lipinski definition) is 2. The monoisotopic (exact) mass is 370 g/mol. The number of hydrogen-bond donors (Lipinski definition) is 0. The Kier molecular flexibility index (Phi) is 5.70. The van der Waals surface area contributed by atoms with E-state index in [9.17, 15) is 0 Å². The summed E-state index contributed by atoms with van der Waals surface area (Å²) in [4.78, 5) is 0. The van der Waals surface area contributed by atoms with Crippen LogP contribution in [0.3, 0.4) is 0 Å². The van der Waals surface area contributed by atoms with Gasteiger partial charge in [0.05, 0.1) is 25.4 Å². The van der Waals surface area contributed by atoms with Crippen LogP contribution in [0.25, 0.3) is 24.3 Å². The van der Waals surface area contributed by atoms with Crippen molar-refractivity contribution in [2.75, 3.05) is 13.2 Å². The highest BCUT2D eigenvalue weighted by atomic mass is 16.6. The van der Waals surface area contributed by atoms with Crippen molar-refractivity contribution in [1.82, 2.24) is 0 Å². The minimum absolute atomic E-state index is 0.140. The largest absolute Gasteiger partial charge is 0.374 e. The summed E-state index contributed by atoms with van der Waals surface area (Å²) in [6, 6.07) is 16.8. The molecule has 2 aromatic rings. The van der Waals surface area contributed by atoms with Crippen LogP contribution in [-0.4, -0.2) is 25.4 Å². The molecule has 2 heterocycles. The number of rotatable bonds is 6. The van der Waals surface area contributed by atoms with Gasteiger partial charge in [-0.1, -0.05) is 98.1 Å². The van der Waals surface area contributed by atoms with Gasteiger partial charge in [0.1, 0.15) is 0 Å². The highest BCUT2D eigenvalue weighted by Gasteiger charge is 2.45. The molecule has 2 aliphatic rings. The van der Waals surface area contributed by atoms with Crippen molar-refractivity contribution in [2.24, 2.45) is 11.8 Å². The van der Waals surface area contributed by atoms with Gasteiger partial charge in [0.15, 0.2) is 0 Å². The molecule has 0 spiro atoms. The van der Waals surface area contributed by atoms with Crippen molar-refractivity contribution in [3.63, 3.8) is 0 Å². The molecule has 0 N–H and O–H groups in total. The molecule has 0 saturated carbocycles. The summed E-state index contributed by atoms with van der Waals surface area (Å²) < 4.78 is 12.2. The van der Waals surface area contributed by atoms with Crippen LogP contribution in [0.1, 0.15) is 22.3 Å². The van der Waals surface area contributed by atoms with Gasteiger partial charge in [0.2, 0.25) is 0 Å². The third-order valence-corrected chi connectivity index (χ3v) is 5.55. The summed E-state index contributed by atoms with van der Waals surface area (Å²) in [7, 11) is 0. The number of ether oxygens (including phenoxy) is 2. The van der Waals surface area contributed by atoms with Gasteiger partial charge in [-0.25, -0.2) is 0 Å². The van der Waals surface area contributed by atoms with E-state index in [1.807, 2.05) is 12.2 Å². The SMILES string of the molecule is C=Cc1ccc(C=C[C@@H]2CO[C@H]3[C@@H]2OC[C@@H]3C=Cc2ccc(C=C)cc2)cc1. The first-order valence-corrected chi connectivity index (χ1v) is 9.81. The van der Waals surface area contributed by atoms with Gasteiger partial charge in [0.25, 0.3) is 0 Å². The standard InChI is InChI=1S/C26H26O2/c1-3-19-5-9-21(10-6-19)13-15-23-17-27-26-24(18-28-25(23)26)16-14-22-11-7-20(4-2)8-12-22/h3-16,23-26H,1-2,17-18H2/t23-,24+,25-,26-/m1/s1. The molecule has 142 valence electrons. The van der Waals surface area contributed by atoms with Crippen LogP contribution in [0.5, 0.6) is 0 Å². The van der Waals surface area contributed by atoms with E-state index >= 15 is 0 Å².